The molecule has 0 atom stereocenters. The fourth-order valence-electron chi connectivity index (χ4n) is 4.36. The van der Waals surface area contributed by atoms with Gasteiger partial charge in [0.1, 0.15) is 11.8 Å². The molecule has 8 heteroatoms. The SMILES string of the molecule is O=C(O)COCC1CCC(Cn2nc(-c3ccccc3)c(-c3ccnc(Cl)c3)cc2=O)CC1. The predicted octanol–water partition coefficient (Wildman–Crippen LogP) is 4.53. The van der Waals surface area contributed by atoms with Crippen LogP contribution in [0.15, 0.2) is 59.5 Å². The van der Waals surface area contributed by atoms with E-state index in [4.69, 9.17) is 26.5 Å². The lowest BCUT2D eigenvalue weighted by Crippen LogP contribution is -2.29. The molecule has 1 saturated carbocycles. The van der Waals surface area contributed by atoms with Gasteiger partial charge in [-0.2, -0.15) is 5.10 Å². The van der Waals surface area contributed by atoms with E-state index in [0.717, 1.165) is 48.1 Å². The highest BCUT2D eigenvalue weighted by molar-refractivity contribution is 6.29. The van der Waals surface area contributed by atoms with E-state index >= 15 is 0 Å². The Morgan fingerprint density at radius 1 is 1.06 bits per heavy atom. The molecular formula is C25H26ClN3O4. The van der Waals surface area contributed by atoms with Gasteiger partial charge >= 0.3 is 5.97 Å². The van der Waals surface area contributed by atoms with E-state index in [-0.39, 0.29) is 12.2 Å². The zero-order valence-corrected chi connectivity index (χ0v) is 18.9. The van der Waals surface area contributed by atoms with Gasteiger partial charge in [0, 0.05) is 29.9 Å². The summed E-state index contributed by atoms with van der Waals surface area (Å²) in [4.78, 5) is 27.7. The number of aliphatic carboxylic acids is 1. The summed E-state index contributed by atoms with van der Waals surface area (Å²) in [5, 5.41) is 13.9. The highest BCUT2D eigenvalue weighted by atomic mass is 35.5. The number of aromatic nitrogens is 3. The van der Waals surface area contributed by atoms with E-state index in [1.54, 1.807) is 23.0 Å². The fraction of sp³-hybridized carbons (Fsp3) is 0.360. The van der Waals surface area contributed by atoms with Gasteiger partial charge < -0.3 is 9.84 Å². The normalized spacial score (nSPS) is 18.2. The Hall–Kier alpha value is -3.03. The van der Waals surface area contributed by atoms with Crippen molar-refractivity contribution in [1.82, 2.24) is 14.8 Å². The molecule has 172 valence electrons. The topological polar surface area (TPSA) is 94.3 Å². The minimum atomic E-state index is -0.944. The zero-order chi connectivity index (χ0) is 23.2. The summed E-state index contributed by atoms with van der Waals surface area (Å²) in [6.07, 6.45) is 5.45. The average molecular weight is 468 g/mol. The van der Waals surface area contributed by atoms with Crippen LogP contribution in [0.4, 0.5) is 0 Å². The number of carbonyl (C=O) groups is 1. The first-order chi connectivity index (χ1) is 16.0. The van der Waals surface area contributed by atoms with Crippen molar-refractivity contribution in [3.63, 3.8) is 0 Å². The lowest BCUT2D eigenvalue weighted by atomic mass is 9.82. The molecule has 0 unspecified atom stereocenters. The van der Waals surface area contributed by atoms with Crippen LogP contribution < -0.4 is 5.56 Å². The molecular weight excluding hydrogens is 442 g/mol. The molecule has 1 aliphatic rings. The Morgan fingerprint density at radius 3 is 2.48 bits per heavy atom. The maximum atomic E-state index is 13.0. The quantitative estimate of drug-likeness (QED) is 0.489. The minimum absolute atomic E-state index is 0.149. The van der Waals surface area contributed by atoms with Crippen molar-refractivity contribution in [2.45, 2.75) is 32.2 Å². The molecule has 1 aromatic carbocycles. The van der Waals surface area contributed by atoms with Crippen molar-refractivity contribution in [1.29, 1.82) is 0 Å². The fourth-order valence-corrected chi connectivity index (χ4v) is 4.53. The van der Waals surface area contributed by atoms with Gasteiger partial charge in [-0.15, -0.1) is 0 Å². The van der Waals surface area contributed by atoms with Gasteiger partial charge in [0.2, 0.25) is 0 Å². The molecule has 0 radical (unpaired) electrons. The number of pyridine rings is 1. The van der Waals surface area contributed by atoms with E-state index in [9.17, 15) is 9.59 Å². The average Bonchev–Trinajstić information content (AvgIpc) is 2.81. The summed E-state index contributed by atoms with van der Waals surface area (Å²) < 4.78 is 6.82. The van der Waals surface area contributed by atoms with Crippen molar-refractivity contribution in [2.24, 2.45) is 11.8 Å². The van der Waals surface area contributed by atoms with Crippen LogP contribution >= 0.6 is 11.6 Å². The number of rotatable bonds is 8. The van der Waals surface area contributed by atoms with E-state index in [2.05, 4.69) is 4.98 Å². The highest BCUT2D eigenvalue weighted by Crippen LogP contribution is 2.32. The van der Waals surface area contributed by atoms with Crippen LogP contribution in [-0.4, -0.2) is 39.1 Å². The summed E-state index contributed by atoms with van der Waals surface area (Å²) >= 11 is 6.10. The zero-order valence-electron chi connectivity index (χ0n) is 18.2. The van der Waals surface area contributed by atoms with Crippen LogP contribution in [0.5, 0.6) is 0 Å². The van der Waals surface area contributed by atoms with Gasteiger partial charge in [-0.05, 0) is 55.2 Å². The van der Waals surface area contributed by atoms with E-state index < -0.39 is 5.97 Å². The minimum Gasteiger partial charge on any atom is -0.480 e. The van der Waals surface area contributed by atoms with Gasteiger partial charge in [-0.3, -0.25) is 4.79 Å². The van der Waals surface area contributed by atoms with Gasteiger partial charge in [0.15, 0.2) is 0 Å². The first kappa shape index (κ1) is 23.1. The maximum absolute atomic E-state index is 13.0. The number of benzene rings is 1. The lowest BCUT2D eigenvalue weighted by molar-refractivity contribution is -0.142. The molecule has 2 aromatic heterocycles. The number of carboxylic acids is 1. The van der Waals surface area contributed by atoms with Crippen molar-refractivity contribution in [2.75, 3.05) is 13.2 Å². The van der Waals surface area contributed by atoms with Crippen LogP contribution in [0, 0.1) is 11.8 Å². The van der Waals surface area contributed by atoms with Gasteiger partial charge in [0.05, 0.1) is 12.3 Å². The third-order valence-corrected chi connectivity index (χ3v) is 6.27. The van der Waals surface area contributed by atoms with E-state index in [0.29, 0.717) is 30.1 Å². The molecule has 0 spiro atoms. The molecule has 2 heterocycles. The molecule has 7 nitrogen and oxygen atoms in total. The second-order valence-electron chi connectivity index (χ2n) is 8.46. The van der Waals surface area contributed by atoms with Gasteiger partial charge in [-0.25, -0.2) is 14.5 Å². The van der Waals surface area contributed by atoms with Crippen LogP contribution in [0.25, 0.3) is 22.4 Å². The third kappa shape index (κ3) is 6.06. The van der Waals surface area contributed by atoms with Gasteiger partial charge in [-0.1, -0.05) is 41.9 Å². The Bertz CT molecular complexity index is 1160. The van der Waals surface area contributed by atoms with Gasteiger partial charge in [0.25, 0.3) is 5.56 Å². The molecule has 33 heavy (non-hydrogen) atoms. The third-order valence-electron chi connectivity index (χ3n) is 6.06. The summed E-state index contributed by atoms with van der Waals surface area (Å²) in [5.74, 6) is -0.236. The standard InChI is InChI=1S/C25H26ClN3O4/c26-22-12-20(10-11-27-22)21-13-23(30)29(28-25(21)19-4-2-1-3-5-19)14-17-6-8-18(9-7-17)15-33-16-24(31)32/h1-5,10-13,17-18H,6-9,14-16H2,(H,31,32). The van der Waals surface area contributed by atoms with Crippen LogP contribution in [-0.2, 0) is 16.1 Å². The molecule has 4 rings (SSSR count). The maximum Gasteiger partial charge on any atom is 0.329 e. The monoisotopic (exact) mass is 467 g/mol. The Balaban J connectivity index is 1.54. The molecule has 0 bridgehead atoms. The Kier molecular flexibility index (Phi) is 7.52. The number of hydrogen-bond acceptors (Lipinski definition) is 5. The Labute approximate surface area is 197 Å². The highest BCUT2D eigenvalue weighted by Gasteiger charge is 2.23. The summed E-state index contributed by atoms with van der Waals surface area (Å²) in [7, 11) is 0. The van der Waals surface area contributed by atoms with Crippen LogP contribution in [0.1, 0.15) is 25.7 Å². The summed E-state index contributed by atoms with van der Waals surface area (Å²) in [5.41, 5.74) is 3.03. The van der Waals surface area contributed by atoms with Crippen molar-refractivity contribution < 1.29 is 14.6 Å². The van der Waals surface area contributed by atoms with Crippen molar-refractivity contribution in [3.8, 4) is 22.4 Å². The smallest absolute Gasteiger partial charge is 0.329 e. The number of halogens is 1. The second kappa shape index (κ2) is 10.7. The summed E-state index contributed by atoms with van der Waals surface area (Å²) in [6, 6.07) is 15.0. The van der Waals surface area contributed by atoms with Crippen LogP contribution in [0.2, 0.25) is 5.15 Å². The molecule has 1 aliphatic carbocycles. The number of carboxylic acid groups (broad SMARTS) is 1. The number of nitrogens with zero attached hydrogens (tertiary/aromatic N) is 3. The van der Waals surface area contributed by atoms with Crippen LogP contribution in [0.3, 0.4) is 0 Å². The second-order valence-corrected chi connectivity index (χ2v) is 8.84. The molecule has 3 aromatic rings. The first-order valence-electron chi connectivity index (χ1n) is 11.1. The molecule has 1 fully saturated rings. The van der Waals surface area contributed by atoms with Crippen molar-refractivity contribution >= 4 is 17.6 Å². The predicted molar refractivity (Wildman–Crippen MR) is 126 cm³/mol. The number of hydrogen-bond donors (Lipinski definition) is 1. The largest absolute Gasteiger partial charge is 0.480 e. The molecule has 1 N–H and O–H groups in total. The summed E-state index contributed by atoms with van der Waals surface area (Å²) in [6.45, 7) is 0.772. The molecule has 0 aliphatic heterocycles. The van der Waals surface area contributed by atoms with E-state index in [1.165, 1.54) is 0 Å². The lowest BCUT2D eigenvalue weighted by Gasteiger charge is -2.28. The first-order valence-corrected chi connectivity index (χ1v) is 11.5. The van der Waals surface area contributed by atoms with E-state index in [1.807, 2.05) is 36.4 Å². The molecule has 0 saturated heterocycles. The molecule has 0 amide bonds. The van der Waals surface area contributed by atoms with Crippen molar-refractivity contribution in [3.05, 3.63) is 70.2 Å². The number of ether oxygens (including phenoxy) is 1. The Morgan fingerprint density at radius 2 is 1.79 bits per heavy atom.